The number of aliphatic imine (C=N–C) groups is 1. The maximum absolute atomic E-state index is 12.9. The molecular weight excluding hydrogens is 417 g/mol. The van der Waals surface area contributed by atoms with Gasteiger partial charge in [-0.25, -0.2) is 0 Å². The van der Waals surface area contributed by atoms with Crippen LogP contribution in [0, 0.1) is 0 Å². The van der Waals surface area contributed by atoms with Crippen LogP contribution in [0.25, 0.3) is 6.08 Å². The highest BCUT2D eigenvalue weighted by atomic mass is 19.4. The molecule has 4 heterocycles. The summed E-state index contributed by atoms with van der Waals surface area (Å²) >= 11 is 0. The van der Waals surface area contributed by atoms with E-state index in [-0.39, 0.29) is 12.6 Å². The number of piperazine rings is 1. The summed E-state index contributed by atoms with van der Waals surface area (Å²) in [5.41, 5.74) is 5.13. The molecule has 0 unspecified atom stereocenters. The number of carbonyl (C=O) groups excluding carboxylic acids is 1. The number of likely N-dealkylation sites (tertiary alicyclic amines) is 1. The van der Waals surface area contributed by atoms with Gasteiger partial charge in [-0.3, -0.25) is 14.8 Å². The first-order valence-electron chi connectivity index (χ1n) is 10.8. The Morgan fingerprint density at radius 1 is 1.12 bits per heavy atom. The largest absolute Gasteiger partial charge is 0.471 e. The average Bonchev–Trinajstić information content (AvgIpc) is 3.40. The van der Waals surface area contributed by atoms with Crippen molar-refractivity contribution in [2.45, 2.75) is 37.5 Å². The number of hydrogen-bond donors (Lipinski definition) is 0. The number of hydrogen-bond acceptors (Lipinski definition) is 4. The summed E-state index contributed by atoms with van der Waals surface area (Å²) < 4.78 is 38.6. The minimum atomic E-state index is -4.81. The Morgan fingerprint density at radius 2 is 2.00 bits per heavy atom. The van der Waals surface area contributed by atoms with Crippen molar-refractivity contribution in [3.63, 3.8) is 0 Å². The normalized spacial score (nSPS) is 24.2. The van der Waals surface area contributed by atoms with E-state index in [4.69, 9.17) is 4.99 Å². The number of aromatic nitrogens is 1. The molecular formula is C24H23F3N4O. The van der Waals surface area contributed by atoms with Gasteiger partial charge in [-0.15, -0.1) is 0 Å². The number of anilines is 1. The fourth-order valence-corrected chi connectivity index (χ4v) is 4.99. The lowest BCUT2D eigenvalue weighted by molar-refractivity contribution is -0.186. The van der Waals surface area contributed by atoms with Gasteiger partial charge in [0.1, 0.15) is 0 Å². The van der Waals surface area contributed by atoms with Crippen molar-refractivity contribution in [3.8, 4) is 0 Å². The van der Waals surface area contributed by atoms with E-state index in [9.17, 15) is 18.0 Å². The molecule has 2 bridgehead atoms. The monoisotopic (exact) mass is 440 g/mol. The van der Waals surface area contributed by atoms with Crippen LogP contribution in [0.2, 0.25) is 0 Å². The fraction of sp³-hybridized carbons (Fsp3) is 0.375. The molecule has 0 saturated carbocycles. The molecule has 0 spiro atoms. The van der Waals surface area contributed by atoms with E-state index in [1.54, 1.807) is 6.20 Å². The summed E-state index contributed by atoms with van der Waals surface area (Å²) in [6, 6.07) is 11.5. The van der Waals surface area contributed by atoms with E-state index < -0.39 is 18.1 Å². The first-order valence-corrected chi connectivity index (χ1v) is 10.8. The second-order valence-electron chi connectivity index (χ2n) is 8.49. The highest BCUT2D eigenvalue weighted by molar-refractivity contribution is 6.15. The average molecular weight is 440 g/mol. The molecule has 3 aliphatic heterocycles. The molecule has 2 aromatic rings. The second kappa shape index (κ2) is 8.07. The number of amides is 1. The van der Waals surface area contributed by atoms with Gasteiger partial charge in [-0.05, 0) is 60.7 Å². The van der Waals surface area contributed by atoms with E-state index >= 15 is 0 Å². The van der Waals surface area contributed by atoms with E-state index in [0.29, 0.717) is 13.0 Å². The zero-order valence-electron chi connectivity index (χ0n) is 17.4. The van der Waals surface area contributed by atoms with Crippen molar-refractivity contribution in [2.24, 2.45) is 4.99 Å². The molecule has 1 aromatic carbocycles. The third-order valence-corrected chi connectivity index (χ3v) is 6.40. The number of halogens is 3. The lowest BCUT2D eigenvalue weighted by Crippen LogP contribution is -2.52. The quantitative estimate of drug-likeness (QED) is 0.722. The summed E-state index contributed by atoms with van der Waals surface area (Å²) in [5.74, 6) is -1.72. The van der Waals surface area contributed by atoms with Gasteiger partial charge in [-0.1, -0.05) is 12.1 Å². The zero-order chi connectivity index (χ0) is 22.3. The number of carbonyl (C=O) groups is 1. The van der Waals surface area contributed by atoms with Crippen LogP contribution >= 0.6 is 0 Å². The summed E-state index contributed by atoms with van der Waals surface area (Å²) in [7, 11) is 0. The van der Waals surface area contributed by atoms with Crippen molar-refractivity contribution in [2.75, 3.05) is 24.5 Å². The number of benzene rings is 1. The summed E-state index contributed by atoms with van der Waals surface area (Å²) in [6.45, 7) is 1.34. The number of allylic oxidation sites excluding steroid dienone is 1. The van der Waals surface area contributed by atoms with Crippen LogP contribution in [-0.2, 0) is 4.79 Å². The van der Waals surface area contributed by atoms with Gasteiger partial charge < -0.3 is 9.80 Å². The van der Waals surface area contributed by atoms with Gasteiger partial charge in [0.15, 0.2) is 0 Å². The molecule has 2 fully saturated rings. The van der Waals surface area contributed by atoms with Crippen LogP contribution in [0.15, 0.2) is 59.4 Å². The SMILES string of the molecule is O=C(N1C[C@@H]2C[C@H]1CN2c1cccc(/C=C2\CCCN=C2c2cccnc2)c1)C(F)(F)F. The Morgan fingerprint density at radius 3 is 2.72 bits per heavy atom. The molecule has 5 rings (SSSR count). The van der Waals surface area contributed by atoms with Crippen molar-refractivity contribution >= 4 is 23.4 Å². The van der Waals surface area contributed by atoms with Crippen LogP contribution < -0.4 is 4.90 Å². The van der Waals surface area contributed by atoms with Crippen molar-refractivity contribution in [1.82, 2.24) is 9.88 Å². The highest BCUT2D eigenvalue weighted by Gasteiger charge is 2.52. The summed E-state index contributed by atoms with van der Waals surface area (Å²) in [5, 5.41) is 0. The summed E-state index contributed by atoms with van der Waals surface area (Å²) in [6.07, 6.45) is 3.40. The molecule has 2 saturated heterocycles. The van der Waals surface area contributed by atoms with Gasteiger partial charge in [-0.2, -0.15) is 13.2 Å². The van der Waals surface area contributed by atoms with Crippen LogP contribution in [-0.4, -0.2) is 59.4 Å². The van der Waals surface area contributed by atoms with E-state index in [2.05, 4.69) is 22.0 Å². The molecule has 1 amide bonds. The minimum Gasteiger partial charge on any atom is -0.365 e. The molecule has 0 N–H and O–H groups in total. The second-order valence-corrected chi connectivity index (χ2v) is 8.49. The van der Waals surface area contributed by atoms with Gasteiger partial charge in [0, 0.05) is 49.3 Å². The molecule has 32 heavy (non-hydrogen) atoms. The van der Waals surface area contributed by atoms with Gasteiger partial charge in [0.25, 0.3) is 0 Å². The van der Waals surface area contributed by atoms with Crippen molar-refractivity contribution in [3.05, 3.63) is 65.5 Å². The summed E-state index contributed by atoms with van der Waals surface area (Å²) in [4.78, 5) is 23.7. The van der Waals surface area contributed by atoms with Crippen LogP contribution in [0.3, 0.4) is 0 Å². The van der Waals surface area contributed by atoms with Crippen LogP contribution in [0.4, 0.5) is 18.9 Å². The first kappa shape index (κ1) is 20.7. The first-order chi connectivity index (χ1) is 15.4. The predicted octanol–water partition coefficient (Wildman–Crippen LogP) is 4.10. The maximum Gasteiger partial charge on any atom is 0.471 e. The fourth-order valence-electron chi connectivity index (χ4n) is 4.99. The standard InChI is InChI=1S/C24H23F3N4O/c25-24(26,27)23(32)31-15-20-12-21(31)14-30(20)19-7-1-4-16(11-19)10-17-5-3-9-29-22(17)18-6-2-8-28-13-18/h1-2,4,6-8,10-11,13,20-21H,3,5,9,12,14-15H2/b17-10+/t20-,21-/m0/s1. The molecule has 5 nitrogen and oxygen atoms in total. The third kappa shape index (κ3) is 3.89. The molecule has 8 heteroatoms. The third-order valence-electron chi connectivity index (χ3n) is 6.40. The van der Waals surface area contributed by atoms with E-state index in [1.165, 1.54) is 0 Å². The minimum absolute atomic E-state index is 0.0867. The van der Waals surface area contributed by atoms with Crippen LogP contribution in [0.1, 0.15) is 30.4 Å². The molecule has 0 radical (unpaired) electrons. The van der Waals surface area contributed by atoms with E-state index in [1.807, 2.05) is 36.5 Å². The Labute approximate surface area is 184 Å². The lowest BCUT2D eigenvalue weighted by Gasteiger charge is -2.36. The van der Waals surface area contributed by atoms with Gasteiger partial charge in [0.05, 0.1) is 11.8 Å². The highest BCUT2D eigenvalue weighted by Crippen LogP contribution is 2.37. The Bertz CT molecular complexity index is 1080. The molecule has 1 aromatic heterocycles. The molecule has 166 valence electrons. The number of fused-ring (bicyclic) bond motifs is 2. The Balaban J connectivity index is 1.36. The maximum atomic E-state index is 12.9. The number of pyridine rings is 1. The van der Waals surface area contributed by atoms with Crippen molar-refractivity contribution < 1.29 is 18.0 Å². The molecule has 0 aliphatic carbocycles. The topological polar surface area (TPSA) is 48.8 Å². The zero-order valence-corrected chi connectivity index (χ0v) is 17.4. The number of nitrogens with zero attached hydrogens (tertiary/aromatic N) is 4. The smallest absolute Gasteiger partial charge is 0.365 e. The van der Waals surface area contributed by atoms with Gasteiger partial charge >= 0.3 is 12.1 Å². The van der Waals surface area contributed by atoms with Crippen molar-refractivity contribution in [1.29, 1.82) is 0 Å². The Kier molecular flexibility index (Phi) is 5.23. The Hall–Kier alpha value is -3.16. The number of rotatable bonds is 3. The van der Waals surface area contributed by atoms with Gasteiger partial charge in [0.2, 0.25) is 0 Å². The van der Waals surface area contributed by atoms with E-state index in [0.717, 1.165) is 52.4 Å². The number of alkyl halides is 3. The lowest BCUT2D eigenvalue weighted by atomic mass is 9.95. The van der Waals surface area contributed by atoms with Crippen LogP contribution in [0.5, 0.6) is 0 Å². The predicted molar refractivity (Wildman–Crippen MR) is 117 cm³/mol. The molecule has 2 atom stereocenters. The molecule has 3 aliphatic rings.